The molecule has 1 fully saturated rings. The molecule has 1 aliphatic heterocycles. The van der Waals surface area contributed by atoms with Crippen molar-refractivity contribution in [1.82, 2.24) is 4.98 Å². The normalized spacial score (nSPS) is 19.2. The van der Waals surface area contributed by atoms with Crippen molar-refractivity contribution >= 4 is 28.8 Å². The number of hydrogen-bond donors (Lipinski definition) is 1. The predicted molar refractivity (Wildman–Crippen MR) is 133 cm³/mol. The molecule has 6 nitrogen and oxygen atoms in total. The van der Waals surface area contributed by atoms with Gasteiger partial charge in [0.25, 0.3) is 11.7 Å². The standard InChI is InChI=1S/C28H27N3O3/c1-30(2)22-11-13-23(14-12-22)31-25(21-8-5-15-29-17-21)24(27(33)28(31)34)26(32)20-10-9-18-6-3-4-7-19(18)16-20/h5,8-17,25,32H,3-4,6-7H2,1-2H3/b26-24-. The molecule has 0 bridgehead atoms. The summed E-state index contributed by atoms with van der Waals surface area (Å²) in [5, 5.41) is 11.4. The Balaban J connectivity index is 1.65. The Hall–Kier alpha value is -3.93. The van der Waals surface area contributed by atoms with Crippen molar-refractivity contribution < 1.29 is 14.7 Å². The fourth-order valence-electron chi connectivity index (χ4n) is 4.90. The second kappa shape index (κ2) is 8.78. The summed E-state index contributed by atoms with van der Waals surface area (Å²) in [5.74, 6) is -1.50. The number of amides is 1. The summed E-state index contributed by atoms with van der Waals surface area (Å²) in [5.41, 5.74) is 5.37. The fourth-order valence-corrected chi connectivity index (χ4v) is 4.90. The molecule has 1 saturated heterocycles. The molecule has 2 aromatic carbocycles. The Bertz CT molecular complexity index is 1280. The maximum Gasteiger partial charge on any atom is 0.300 e. The van der Waals surface area contributed by atoms with Gasteiger partial charge in [-0.2, -0.15) is 0 Å². The quantitative estimate of drug-likeness (QED) is 0.354. The Kier molecular flexibility index (Phi) is 5.65. The summed E-state index contributed by atoms with van der Waals surface area (Å²) in [6, 6.07) is 16.1. The van der Waals surface area contributed by atoms with Crippen LogP contribution in [0.1, 0.15) is 41.1 Å². The topological polar surface area (TPSA) is 73.7 Å². The molecule has 0 radical (unpaired) electrons. The summed E-state index contributed by atoms with van der Waals surface area (Å²) in [4.78, 5) is 34.2. The van der Waals surface area contributed by atoms with Gasteiger partial charge in [0.15, 0.2) is 0 Å². The number of carbonyl (C=O) groups excluding carboxylic acids is 2. The molecule has 0 saturated carbocycles. The van der Waals surface area contributed by atoms with Crippen LogP contribution >= 0.6 is 0 Å². The summed E-state index contributed by atoms with van der Waals surface area (Å²) >= 11 is 0. The lowest BCUT2D eigenvalue weighted by molar-refractivity contribution is -0.132. The average Bonchev–Trinajstić information content (AvgIpc) is 3.14. The molecule has 2 heterocycles. The van der Waals surface area contributed by atoms with Crippen LogP contribution in [0.2, 0.25) is 0 Å². The molecular formula is C28H27N3O3. The third-order valence-electron chi connectivity index (χ3n) is 6.71. The van der Waals surface area contributed by atoms with Crippen LogP contribution in [-0.4, -0.2) is 35.9 Å². The van der Waals surface area contributed by atoms with Crippen LogP contribution in [0, 0.1) is 0 Å². The Morgan fingerprint density at radius 3 is 2.41 bits per heavy atom. The largest absolute Gasteiger partial charge is 0.507 e. The van der Waals surface area contributed by atoms with Crippen LogP contribution in [0.25, 0.3) is 5.76 Å². The van der Waals surface area contributed by atoms with Gasteiger partial charge in [0, 0.05) is 43.4 Å². The van der Waals surface area contributed by atoms with Crippen LogP contribution in [-0.2, 0) is 22.4 Å². The summed E-state index contributed by atoms with van der Waals surface area (Å²) in [6.07, 6.45) is 7.54. The van der Waals surface area contributed by atoms with Crippen LogP contribution < -0.4 is 9.80 Å². The third-order valence-corrected chi connectivity index (χ3v) is 6.71. The molecule has 1 N–H and O–H groups in total. The minimum atomic E-state index is -0.769. The molecule has 3 aromatic rings. The van der Waals surface area contributed by atoms with E-state index in [1.54, 1.807) is 18.5 Å². The second-order valence-electron chi connectivity index (χ2n) is 9.06. The molecule has 1 aliphatic carbocycles. The van der Waals surface area contributed by atoms with Crippen molar-refractivity contribution in [1.29, 1.82) is 0 Å². The van der Waals surface area contributed by atoms with Gasteiger partial charge >= 0.3 is 0 Å². The van der Waals surface area contributed by atoms with Crippen molar-refractivity contribution in [2.24, 2.45) is 0 Å². The number of carbonyl (C=O) groups is 2. The molecule has 1 aromatic heterocycles. The van der Waals surface area contributed by atoms with E-state index in [0.29, 0.717) is 16.8 Å². The van der Waals surface area contributed by atoms with E-state index in [1.165, 1.54) is 16.0 Å². The minimum Gasteiger partial charge on any atom is -0.507 e. The number of anilines is 2. The van der Waals surface area contributed by atoms with Gasteiger partial charge in [-0.3, -0.25) is 19.5 Å². The molecule has 1 amide bonds. The SMILES string of the molecule is CN(C)c1ccc(N2C(=O)C(=O)/C(=C(\O)c3ccc4c(c3)CCCC4)C2c2cccnc2)cc1. The van der Waals surface area contributed by atoms with E-state index in [1.807, 2.05) is 67.5 Å². The second-order valence-corrected chi connectivity index (χ2v) is 9.06. The Morgan fingerprint density at radius 2 is 1.74 bits per heavy atom. The molecule has 0 spiro atoms. The first-order valence-electron chi connectivity index (χ1n) is 11.6. The number of fused-ring (bicyclic) bond motifs is 1. The van der Waals surface area contributed by atoms with Gasteiger partial charge < -0.3 is 10.0 Å². The van der Waals surface area contributed by atoms with E-state index in [0.717, 1.165) is 31.4 Å². The number of pyridine rings is 1. The number of Topliss-reactive ketones (excluding diaryl/α,β-unsaturated/α-hetero) is 1. The lowest BCUT2D eigenvalue weighted by Crippen LogP contribution is -2.29. The van der Waals surface area contributed by atoms with E-state index >= 15 is 0 Å². The molecular weight excluding hydrogens is 426 g/mol. The van der Waals surface area contributed by atoms with E-state index in [4.69, 9.17) is 0 Å². The lowest BCUT2D eigenvalue weighted by Gasteiger charge is -2.26. The zero-order valence-corrected chi connectivity index (χ0v) is 19.4. The molecule has 5 rings (SSSR count). The number of aliphatic hydroxyl groups is 1. The van der Waals surface area contributed by atoms with E-state index in [-0.39, 0.29) is 11.3 Å². The fraction of sp³-hybridized carbons (Fsp3) is 0.250. The van der Waals surface area contributed by atoms with E-state index in [2.05, 4.69) is 4.98 Å². The number of nitrogens with zero attached hydrogens (tertiary/aromatic N) is 3. The van der Waals surface area contributed by atoms with Gasteiger partial charge in [-0.05, 0) is 78.8 Å². The molecule has 1 unspecified atom stereocenters. The van der Waals surface area contributed by atoms with Crippen LogP contribution in [0.4, 0.5) is 11.4 Å². The number of hydrogen-bond acceptors (Lipinski definition) is 5. The maximum atomic E-state index is 13.3. The molecule has 2 aliphatic rings. The van der Waals surface area contributed by atoms with Crippen molar-refractivity contribution in [3.05, 3.63) is 94.8 Å². The zero-order chi connectivity index (χ0) is 23.8. The van der Waals surface area contributed by atoms with Crippen molar-refractivity contribution in [2.75, 3.05) is 23.9 Å². The molecule has 34 heavy (non-hydrogen) atoms. The van der Waals surface area contributed by atoms with Crippen LogP contribution in [0.15, 0.2) is 72.6 Å². The van der Waals surface area contributed by atoms with Gasteiger partial charge in [0.2, 0.25) is 0 Å². The van der Waals surface area contributed by atoms with E-state index < -0.39 is 17.7 Å². The number of aliphatic hydroxyl groups excluding tert-OH is 1. The Morgan fingerprint density at radius 1 is 1.00 bits per heavy atom. The smallest absolute Gasteiger partial charge is 0.300 e. The zero-order valence-electron chi connectivity index (χ0n) is 19.4. The third kappa shape index (κ3) is 3.75. The number of rotatable bonds is 4. The molecule has 172 valence electrons. The van der Waals surface area contributed by atoms with Crippen molar-refractivity contribution in [2.45, 2.75) is 31.7 Å². The van der Waals surface area contributed by atoms with Gasteiger partial charge in [-0.25, -0.2) is 0 Å². The highest BCUT2D eigenvalue weighted by atomic mass is 16.3. The first-order valence-corrected chi connectivity index (χ1v) is 11.6. The average molecular weight is 454 g/mol. The number of aryl methyl sites for hydroxylation is 2. The highest BCUT2D eigenvalue weighted by molar-refractivity contribution is 6.51. The molecule has 1 atom stereocenters. The van der Waals surface area contributed by atoms with Gasteiger partial charge in [0.05, 0.1) is 11.6 Å². The summed E-state index contributed by atoms with van der Waals surface area (Å²) in [6.45, 7) is 0. The van der Waals surface area contributed by atoms with Crippen LogP contribution in [0.3, 0.4) is 0 Å². The monoisotopic (exact) mass is 453 g/mol. The van der Waals surface area contributed by atoms with E-state index in [9.17, 15) is 14.7 Å². The van der Waals surface area contributed by atoms with Crippen LogP contribution in [0.5, 0.6) is 0 Å². The molecule has 6 heteroatoms. The van der Waals surface area contributed by atoms with Crippen molar-refractivity contribution in [3.63, 3.8) is 0 Å². The maximum absolute atomic E-state index is 13.3. The first kappa shape index (κ1) is 21.9. The number of benzene rings is 2. The Labute approximate surface area is 199 Å². The van der Waals surface area contributed by atoms with Gasteiger partial charge in [-0.15, -0.1) is 0 Å². The highest BCUT2D eigenvalue weighted by Crippen LogP contribution is 2.42. The predicted octanol–water partition coefficient (Wildman–Crippen LogP) is 4.65. The minimum absolute atomic E-state index is 0.0884. The summed E-state index contributed by atoms with van der Waals surface area (Å²) < 4.78 is 0. The lowest BCUT2D eigenvalue weighted by atomic mass is 9.89. The van der Waals surface area contributed by atoms with Gasteiger partial charge in [-0.1, -0.05) is 18.2 Å². The first-order chi connectivity index (χ1) is 16.5. The van der Waals surface area contributed by atoms with Gasteiger partial charge in [0.1, 0.15) is 5.76 Å². The highest BCUT2D eigenvalue weighted by Gasteiger charge is 2.47. The number of ketones is 1. The number of aromatic nitrogens is 1. The summed E-state index contributed by atoms with van der Waals surface area (Å²) in [7, 11) is 3.88. The van der Waals surface area contributed by atoms with Crippen molar-refractivity contribution in [3.8, 4) is 0 Å².